The van der Waals surface area contributed by atoms with Gasteiger partial charge in [0.05, 0.1) is 16.2 Å². The number of rotatable bonds is 6. The van der Waals surface area contributed by atoms with Gasteiger partial charge >= 0.3 is 5.95 Å². The quantitative estimate of drug-likeness (QED) is 0.553. The number of halogens is 1. The molecule has 0 aliphatic rings. The van der Waals surface area contributed by atoms with E-state index < -0.39 is 43.7 Å². The number of hydrogen-bond acceptors (Lipinski definition) is 8. The highest BCUT2D eigenvalue weighted by atomic mass is 32.2. The number of carbonyl (C=O) groups is 2. The van der Waals surface area contributed by atoms with E-state index in [4.69, 9.17) is 6.57 Å². The van der Waals surface area contributed by atoms with Crippen LogP contribution in [0.3, 0.4) is 0 Å². The van der Waals surface area contributed by atoms with Crippen molar-refractivity contribution < 1.29 is 27.5 Å². The van der Waals surface area contributed by atoms with Crippen molar-refractivity contribution in [2.45, 2.75) is 17.4 Å². The van der Waals surface area contributed by atoms with Crippen LogP contribution in [0.1, 0.15) is 17.3 Å². The van der Waals surface area contributed by atoms with E-state index in [0.29, 0.717) is 6.07 Å². The van der Waals surface area contributed by atoms with Crippen molar-refractivity contribution in [1.29, 1.82) is 0 Å². The lowest BCUT2D eigenvalue weighted by atomic mass is 10.1. The average molecular weight is 422 g/mol. The van der Waals surface area contributed by atoms with Crippen LogP contribution in [0, 0.1) is 12.4 Å². The number of benzene rings is 1. The topological polar surface area (TPSA) is 156 Å². The van der Waals surface area contributed by atoms with Crippen LogP contribution in [0.25, 0.3) is 4.85 Å². The van der Waals surface area contributed by atoms with Crippen molar-refractivity contribution in [3.05, 3.63) is 47.2 Å². The van der Waals surface area contributed by atoms with Gasteiger partial charge in [0.15, 0.2) is 15.4 Å². The van der Waals surface area contributed by atoms with E-state index >= 15 is 0 Å². The third-order valence-corrected chi connectivity index (χ3v) is 5.54. The molecule has 29 heavy (non-hydrogen) atoms. The molecule has 0 bridgehead atoms. The van der Waals surface area contributed by atoms with E-state index in [1.54, 1.807) is 0 Å². The molecule has 0 saturated carbocycles. The minimum absolute atomic E-state index is 0.207. The normalized spacial score (nSPS) is 13.1. The van der Waals surface area contributed by atoms with Crippen molar-refractivity contribution in [2.75, 3.05) is 18.1 Å². The predicted molar refractivity (Wildman–Crippen MR) is 97.2 cm³/mol. The molecule has 0 saturated heterocycles. The molecular weight excluding hydrogens is 407 g/mol. The van der Waals surface area contributed by atoms with Gasteiger partial charge in [0, 0.05) is 7.05 Å². The first-order chi connectivity index (χ1) is 13.5. The van der Waals surface area contributed by atoms with Crippen molar-refractivity contribution >= 4 is 33.4 Å². The second kappa shape index (κ2) is 8.25. The number of carbonyl (C=O) groups excluding carboxylic acids is 2. The molecule has 152 valence electrons. The molecule has 0 radical (unpaired) electrons. The summed E-state index contributed by atoms with van der Waals surface area (Å²) in [6.45, 7) is 7.66. The Kier molecular flexibility index (Phi) is 6.20. The van der Waals surface area contributed by atoms with Gasteiger partial charge < -0.3 is 20.6 Å². The largest absolute Gasteiger partial charge is 0.393 e. The average Bonchev–Trinajstić information content (AvgIpc) is 2.67. The lowest BCUT2D eigenvalue weighted by Crippen LogP contribution is -2.46. The fraction of sp³-hybridized carbons (Fsp3) is 0.250. The van der Waals surface area contributed by atoms with Crippen LogP contribution in [0.4, 0.5) is 16.2 Å². The van der Waals surface area contributed by atoms with Crippen LogP contribution in [-0.4, -0.2) is 58.9 Å². The third-order valence-electron chi connectivity index (χ3n) is 3.62. The summed E-state index contributed by atoms with van der Waals surface area (Å²) in [7, 11) is -3.02. The van der Waals surface area contributed by atoms with E-state index in [-0.39, 0.29) is 17.3 Å². The second-order valence-electron chi connectivity index (χ2n) is 5.96. The van der Waals surface area contributed by atoms with Crippen molar-refractivity contribution in [1.82, 2.24) is 20.5 Å². The molecule has 1 atom stereocenters. The summed E-state index contributed by atoms with van der Waals surface area (Å²) in [6.07, 6.45) is 1.01. The first-order valence-electron chi connectivity index (χ1n) is 7.85. The molecule has 1 aromatic carbocycles. The van der Waals surface area contributed by atoms with E-state index in [2.05, 4.69) is 30.7 Å². The fourth-order valence-electron chi connectivity index (χ4n) is 2.16. The van der Waals surface area contributed by atoms with Crippen LogP contribution in [-0.2, 0) is 14.6 Å². The molecule has 2 amide bonds. The highest BCUT2D eigenvalue weighted by molar-refractivity contribution is 7.91. The van der Waals surface area contributed by atoms with Crippen molar-refractivity contribution in [3.8, 4) is 0 Å². The predicted octanol–water partition coefficient (Wildman–Crippen LogP) is 0.0845. The maximum atomic E-state index is 14.0. The Morgan fingerprint density at radius 2 is 2.03 bits per heavy atom. The molecule has 13 heteroatoms. The Balaban J connectivity index is 2.20. The molecule has 1 heterocycles. The Morgan fingerprint density at radius 1 is 1.34 bits per heavy atom. The molecule has 0 aliphatic carbocycles. The molecule has 3 N–H and O–H groups in total. The Labute approximate surface area is 164 Å². The zero-order chi connectivity index (χ0) is 21.8. The van der Waals surface area contributed by atoms with Crippen LogP contribution in [0.15, 0.2) is 29.3 Å². The standard InChI is InChI=1S/C16H15FN6O5S/c1-16(26,14(25)21-12-7-20-15(19-3)23-22-12)8-29(27,28)9-4-5-10(11(17)6-9)13(24)18-2/h4-7,26H,8H2,1-2H3,(H,18,24)(H,21,22,25)/t16-/m0/s1. The molecule has 0 unspecified atom stereocenters. The first-order valence-corrected chi connectivity index (χ1v) is 9.51. The van der Waals surface area contributed by atoms with Crippen molar-refractivity contribution in [3.63, 3.8) is 0 Å². The number of amides is 2. The van der Waals surface area contributed by atoms with Gasteiger partial charge in [0.2, 0.25) is 5.82 Å². The highest BCUT2D eigenvalue weighted by Gasteiger charge is 2.37. The van der Waals surface area contributed by atoms with Crippen LogP contribution in [0.5, 0.6) is 0 Å². The minimum atomic E-state index is -4.31. The zero-order valence-electron chi connectivity index (χ0n) is 15.2. The number of nitrogens with one attached hydrogen (secondary N) is 2. The maximum Gasteiger partial charge on any atom is 0.393 e. The lowest BCUT2D eigenvalue weighted by molar-refractivity contribution is -0.130. The van der Waals surface area contributed by atoms with E-state index in [9.17, 15) is 27.5 Å². The summed E-state index contributed by atoms with van der Waals surface area (Å²) >= 11 is 0. The summed E-state index contributed by atoms with van der Waals surface area (Å²) in [6, 6.07) is 2.61. The van der Waals surface area contributed by atoms with Crippen LogP contribution >= 0.6 is 0 Å². The molecule has 2 aromatic rings. The van der Waals surface area contributed by atoms with Crippen LogP contribution in [0.2, 0.25) is 0 Å². The second-order valence-corrected chi connectivity index (χ2v) is 7.95. The minimum Gasteiger partial charge on any atom is -0.393 e. The molecule has 0 spiro atoms. The Morgan fingerprint density at radius 3 is 2.55 bits per heavy atom. The molecule has 0 aliphatic heterocycles. The van der Waals surface area contributed by atoms with Gasteiger partial charge in [0.25, 0.3) is 11.8 Å². The lowest BCUT2D eigenvalue weighted by Gasteiger charge is -2.21. The monoisotopic (exact) mass is 422 g/mol. The SMILES string of the molecule is [C-]#[N+]c1ncc(NC(=O)[C@@](C)(O)CS(=O)(=O)c2ccc(C(=O)NC)c(F)c2)nn1. The van der Waals surface area contributed by atoms with Crippen molar-refractivity contribution in [2.24, 2.45) is 0 Å². The van der Waals surface area contributed by atoms with Gasteiger partial charge in [-0.25, -0.2) is 12.8 Å². The highest BCUT2D eigenvalue weighted by Crippen LogP contribution is 2.21. The van der Waals surface area contributed by atoms with Gasteiger partial charge in [0.1, 0.15) is 12.0 Å². The summed E-state index contributed by atoms with van der Waals surface area (Å²) in [5.41, 5.74) is -2.78. The van der Waals surface area contributed by atoms with E-state index in [1.807, 2.05) is 0 Å². The Bertz CT molecular complexity index is 1100. The molecule has 11 nitrogen and oxygen atoms in total. The molecule has 2 rings (SSSR count). The van der Waals surface area contributed by atoms with Gasteiger partial charge in [-0.1, -0.05) is 5.10 Å². The number of hydrogen-bond donors (Lipinski definition) is 3. The smallest absolute Gasteiger partial charge is 0.393 e. The van der Waals surface area contributed by atoms with Gasteiger partial charge in [-0.2, -0.15) is 4.98 Å². The number of sulfone groups is 1. The van der Waals surface area contributed by atoms with Gasteiger partial charge in [-0.3, -0.25) is 9.59 Å². The maximum absolute atomic E-state index is 14.0. The number of aromatic nitrogens is 3. The van der Waals surface area contributed by atoms with E-state index in [1.165, 1.54) is 7.05 Å². The van der Waals surface area contributed by atoms with Crippen LogP contribution < -0.4 is 10.6 Å². The van der Waals surface area contributed by atoms with E-state index in [0.717, 1.165) is 25.3 Å². The van der Waals surface area contributed by atoms with Gasteiger partial charge in [-0.05, 0) is 30.2 Å². The summed E-state index contributed by atoms with van der Waals surface area (Å²) < 4.78 is 39.1. The number of anilines is 1. The fourth-order valence-corrected chi connectivity index (χ4v) is 3.75. The third kappa shape index (κ3) is 5.06. The molecule has 1 aromatic heterocycles. The summed E-state index contributed by atoms with van der Waals surface area (Å²) in [5.74, 6) is -4.49. The first kappa shape index (κ1) is 21.8. The summed E-state index contributed by atoms with van der Waals surface area (Å²) in [4.78, 5) is 29.7. The molecule has 0 fully saturated rings. The summed E-state index contributed by atoms with van der Waals surface area (Å²) in [5, 5.41) is 21.6. The number of nitrogens with zero attached hydrogens (tertiary/aromatic N) is 4. The molecular formula is C16H15FN6O5S. The zero-order valence-corrected chi connectivity index (χ0v) is 16.0. The number of aliphatic hydroxyl groups is 1. The van der Waals surface area contributed by atoms with Gasteiger partial charge in [-0.15, -0.1) is 6.57 Å². The Hall–Kier alpha value is -3.50.